The highest BCUT2D eigenvalue weighted by Crippen LogP contribution is 2.25. The van der Waals surface area contributed by atoms with Crippen LogP contribution in [-0.4, -0.2) is 10.1 Å². The Morgan fingerprint density at radius 3 is 2.75 bits per heavy atom. The quantitative estimate of drug-likeness (QED) is 0.793. The van der Waals surface area contributed by atoms with E-state index in [-0.39, 0.29) is 11.3 Å². The molecule has 0 aliphatic heterocycles. The Morgan fingerprint density at radius 2 is 2.06 bits per heavy atom. The van der Waals surface area contributed by atoms with Crippen LogP contribution in [0.4, 0.5) is 4.39 Å². The van der Waals surface area contributed by atoms with Gasteiger partial charge in [0.2, 0.25) is 0 Å². The molecule has 2 rings (SSSR count). The van der Waals surface area contributed by atoms with Crippen LogP contribution in [0, 0.1) is 17.1 Å². The number of hydrogen-bond acceptors (Lipinski definition) is 3. The van der Waals surface area contributed by atoms with Gasteiger partial charge >= 0.3 is 0 Å². The number of rotatable bonds is 1. The van der Waals surface area contributed by atoms with E-state index < -0.39 is 5.82 Å². The van der Waals surface area contributed by atoms with Gasteiger partial charge in [0, 0.05) is 17.3 Å². The summed E-state index contributed by atoms with van der Waals surface area (Å²) in [5, 5.41) is 18.0. The first-order valence-electron chi connectivity index (χ1n) is 4.55. The maximum atomic E-state index is 13.5. The molecule has 0 aliphatic rings. The molecule has 0 unspecified atom stereocenters. The molecule has 0 fully saturated rings. The van der Waals surface area contributed by atoms with Crippen LogP contribution in [0.25, 0.3) is 11.1 Å². The highest BCUT2D eigenvalue weighted by Gasteiger charge is 2.07. The van der Waals surface area contributed by atoms with E-state index >= 15 is 0 Å². The molecule has 78 valence electrons. The lowest BCUT2D eigenvalue weighted by atomic mass is 10.0. The molecular formula is C12H7FN2O. The van der Waals surface area contributed by atoms with E-state index in [2.05, 4.69) is 4.98 Å². The summed E-state index contributed by atoms with van der Waals surface area (Å²) in [6, 6.07) is 7.37. The van der Waals surface area contributed by atoms with E-state index in [0.717, 1.165) is 0 Å². The monoisotopic (exact) mass is 214 g/mol. The minimum atomic E-state index is -0.452. The first-order valence-corrected chi connectivity index (χ1v) is 4.55. The third-order valence-corrected chi connectivity index (χ3v) is 2.13. The zero-order chi connectivity index (χ0) is 11.5. The van der Waals surface area contributed by atoms with Gasteiger partial charge in [-0.3, -0.25) is 4.98 Å². The summed E-state index contributed by atoms with van der Waals surface area (Å²) < 4.78 is 13.5. The van der Waals surface area contributed by atoms with Crippen molar-refractivity contribution in [1.29, 1.82) is 5.26 Å². The van der Waals surface area contributed by atoms with Crippen molar-refractivity contribution in [3.05, 3.63) is 48.0 Å². The van der Waals surface area contributed by atoms with E-state index in [0.29, 0.717) is 11.1 Å². The van der Waals surface area contributed by atoms with Gasteiger partial charge in [0.15, 0.2) is 0 Å². The van der Waals surface area contributed by atoms with Crippen LogP contribution < -0.4 is 0 Å². The van der Waals surface area contributed by atoms with Gasteiger partial charge in [-0.2, -0.15) is 5.26 Å². The van der Waals surface area contributed by atoms with E-state index in [1.807, 2.05) is 6.07 Å². The molecule has 0 radical (unpaired) electrons. The topological polar surface area (TPSA) is 56.9 Å². The second-order valence-electron chi connectivity index (χ2n) is 3.24. The van der Waals surface area contributed by atoms with Gasteiger partial charge in [-0.15, -0.1) is 0 Å². The van der Waals surface area contributed by atoms with Gasteiger partial charge in [-0.1, -0.05) is 0 Å². The molecule has 1 aromatic heterocycles. The van der Waals surface area contributed by atoms with Gasteiger partial charge in [0.25, 0.3) is 0 Å². The molecule has 0 bridgehead atoms. The maximum Gasteiger partial charge on any atom is 0.134 e. The lowest BCUT2D eigenvalue weighted by Gasteiger charge is -2.03. The van der Waals surface area contributed by atoms with Crippen molar-refractivity contribution >= 4 is 0 Å². The SMILES string of the molecule is N#Cc1ccc(F)c(-c2cncc(O)c2)c1. The molecule has 1 heterocycles. The Morgan fingerprint density at radius 1 is 1.25 bits per heavy atom. The summed E-state index contributed by atoms with van der Waals surface area (Å²) in [5.74, 6) is -0.495. The Hall–Kier alpha value is -2.41. The normalized spacial score (nSPS) is 9.75. The van der Waals surface area contributed by atoms with Gasteiger partial charge in [-0.05, 0) is 24.3 Å². The Labute approximate surface area is 91.4 Å². The Kier molecular flexibility index (Phi) is 2.52. The number of pyridine rings is 1. The molecule has 1 N–H and O–H groups in total. The third-order valence-electron chi connectivity index (χ3n) is 2.13. The van der Waals surface area contributed by atoms with Crippen LogP contribution in [0.1, 0.15) is 5.56 Å². The number of nitriles is 1. The Balaban J connectivity index is 2.60. The largest absolute Gasteiger partial charge is 0.506 e. The average molecular weight is 214 g/mol. The molecule has 0 spiro atoms. The molecule has 3 nitrogen and oxygen atoms in total. The zero-order valence-corrected chi connectivity index (χ0v) is 8.18. The lowest BCUT2D eigenvalue weighted by Crippen LogP contribution is -1.87. The summed E-state index contributed by atoms with van der Waals surface area (Å²) in [4.78, 5) is 3.76. The fourth-order valence-corrected chi connectivity index (χ4v) is 1.39. The second kappa shape index (κ2) is 3.99. The molecule has 4 heteroatoms. The van der Waals surface area contributed by atoms with E-state index in [4.69, 9.17) is 5.26 Å². The van der Waals surface area contributed by atoms with E-state index in [1.54, 1.807) is 0 Å². The molecule has 0 saturated heterocycles. The van der Waals surface area contributed by atoms with Crippen LogP contribution in [-0.2, 0) is 0 Å². The van der Waals surface area contributed by atoms with Crippen LogP contribution in [0.15, 0.2) is 36.7 Å². The predicted octanol–water partition coefficient (Wildman–Crippen LogP) is 2.46. The molecule has 16 heavy (non-hydrogen) atoms. The molecule has 0 atom stereocenters. The van der Waals surface area contributed by atoms with Crippen LogP contribution in [0.3, 0.4) is 0 Å². The number of hydrogen-bond donors (Lipinski definition) is 1. The van der Waals surface area contributed by atoms with Crippen molar-refractivity contribution in [3.8, 4) is 22.9 Å². The second-order valence-corrected chi connectivity index (χ2v) is 3.24. The predicted molar refractivity (Wildman–Crippen MR) is 56.0 cm³/mol. The van der Waals surface area contributed by atoms with Crippen LogP contribution in [0.5, 0.6) is 5.75 Å². The van der Waals surface area contributed by atoms with Crippen molar-refractivity contribution in [1.82, 2.24) is 4.98 Å². The van der Waals surface area contributed by atoms with Crippen molar-refractivity contribution in [3.63, 3.8) is 0 Å². The third kappa shape index (κ3) is 1.84. The summed E-state index contributed by atoms with van der Waals surface area (Å²) in [7, 11) is 0. The highest BCUT2D eigenvalue weighted by molar-refractivity contribution is 5.66. The molecule has 2 aromatic rings. The highest BCUT2D eigenvalue weighted by atomic mass is 19.1. The summed E-state index contributed by atoms with van der Waals surface area (Å²) in [6.07, 6.45) is 2.69. The minimum absolute atomic E-state index is 0.0424. The fourth-order valence-electron chi connectivity index (χ4n) is 1.39. The summed E-state index contributed by atoms with van der Waals surface area (Å²) in [6.45, 7) is 0. The first kappa shape index (κ1) is 10.1. The van der Waals surface area contributed by atoms with E-state index in [9.17, 15) is 9.50 Å². The molecule has 0 saturated carbocycles. The van der Waals surface area contributed by atoms with Gasteiger partial charge in [0.1, 0.15) is 11.6 Å². The van der Waals surface area contributed by atoms with Crippen molar-refractivity contribution < 1.29 is 9.50 Å². The number of halogens is 1. The van der Waals surface area contributed by atoms with Crippen LogP contribution >= 0.6 is 0 Å². The first-order chi connectivity index (χ1) is 7.70. The lowest BCUT2D eigenvalue weighted by molar-refractivity contribution is 0.473. The summed E-state index contributed by atoms with van der Waals surface area (Å²) in [5.41, 5.74) is 1.05. The number of benzene rings is 1. The van der Waals surface area contributed by atoms with Crippen molar-refractivity contribution in [2.45, 2.75) is 0 Å². The Bertz CT molecular complexity index is 575. The van der Waals surface area contributed by atoms with Crippen molar-refractivity contribution in [2.24, 2.45) is 0 Å². The zero-order valence-electron chi connectivity index (χ0n) is 8.18. The smallest absolute Gasteiger partial charge is 0.134 e. The van der Waals surface area contributed by atoms with Gasteiger partial charge < -0.3 is 5.11 Å². The maximum absolute atomic E-state index is 13.5. The number of aromatic nitrogens is 1. The summed E-state index contributed by atoms with van der Waals surface area (Å²) >= 11 is 0. The minimum Gasteiger partial charge on any atom is -0.506 e. The average Bonchev–Trinajstić information content (AvgIpc) is 2.30. The van der Waals surface area contributed by atoms with Gasteiger partial charge in [0.05, 0.1) is 17.8 Å². The number of nitrogens with zero attached hydrogens (tertiary/aromatic N) is 2. The molecule has 0 aliphatic carbocycles. The molecular weight excluding hydrogens is 207 g/mol. The van der Waals surface area contributed by atoms with Gasteiger partial charge in [-0.25, -0.2) is 4.39 Å². The standard InChI is InChI=1S/C12H7FN2O/c13-12-2-1-8(5-14)3-11(12)9-4-10(16)7-15-6-9/h1-4,6-7,16H. The molecule has 0 amide bonds. The van der Waals surface area contributed by atoms with Crippen LogP contribution in [0.2, 0.25) is 0 Å². The fraction of sp³-hybridized carbons (Fsp3) is 0. The van der Waals surface area contributed by atoms with E-state index in [1.165, 1.54) is 36.7 Å². The number of aromatic hydroxyl groups is 1. The van der Waals surface area contributed by atoms with Crippen molar-refractivity contribution in [2.75, 3.05) is 0 Å². The molecule has 1 aromatic carbocycles.